The van der Waals surface area contributed by atoms with Gasteiger partial charge < -0.3 is 9.88 Å². The van der Waals surface area contributed by atoms with E-state index in [4.69, 9.17) is 5.14 Å². The quantitative estimate of drug-likeness (QED) is 0.874. The van der Waals surface area contributed by atoms with Gasteiger partial charge in [-0.1, -0.05) is 0 Å². The molecule has 1 aromatic carbocycles. The summed E-state index contributed by atoms with van der Waals surface area (Å²) < 4.78 is 24.6. The van der Waals surface area contributed by atoms with E-state index >= 15 is 0 Å². The van der Waals surface area contributed by atoms with Crippen LogP contribution >= 0.6 is 15.9 Å². The SMILES string of the molecule is Cn1cccc1C(=O)Nc1ccc(S(N)(=O)=O)cc1Br. The molecule has 0 unspecified atom stereocenters. The Labute approximate surface area is 124 Å². The van der Waals surface area contributed by atoms with Crippen LogP contribution in [0.4, 0.5) is 5.69 Å². The molecular formula is C12H12BrN3O3S. The number of nitrogens with two attached hydrogens (primary N) is 1. The predicted molar refractivity (Wildman–Crippen MR) is 78.9 cm³/mol. The Bertz CT molecular complexity index is 768. The molecule has 3 N–H and O–H groups in total. The van der Waals surface area contributed by atoms with Gasteiger partial charge in [0, 0.05) is 17.7 Å². The fourth-order valence-electron chi connectivity index (χ4n) is 1.66. The minimum absolute atomic E-state index is 0.0266. The van der Waals surface area contributed by atoms with E-state index in [-0.39, 0.29) is 10.8 Å². The van der Waals surface area contributed by atoms with Gasteiger partial charge >= 0.3 is 0 Å². The summed E-state index contributed by atoms with van der Waals surface area (Å²) in [5.41, 5.74) is 0.955. The first-order valence-electron chi connectivity index (χ1n) is 5.54. The minimum atomic E-state index is -3.77. The highest BCUT2D eigenvalue weighted by atomic mass is 79.9. The van der Waals surface area contributed by atoms with Gasteiger partial charge in [0.05, 0.1) is 10.6 Å². The van der Waals surface area contributed by atoms with Crippen LogP contribution in [0.25, 0.3) is 0 Å². The van der Waals surface area contributed by atoms with Crippen LogP contribution < -0.4 is 10.5 Å². The van der Waals surface area contributed by atoms with Crippen LogP contribution in [0, 0.1) is 0 Å². The summed E-state index contributed by atoms with van der Waals surface area (Å²) in [7, 11) is -2.01. The zero-order valence-corrected chi connectivity index (χ0v) is 12.9. The smallest absolute Gasteiger partial charge is 0.272 e. The molecule has 1 heterocycles. The zero-order chi connectivity index (χ0) is 14.9. The van der Waals surface area contributed by atoms with Crippen molar-refractivity contribution in [2.45, 2.75) is 4.90 Å². The van der Waals surface area contributed by atoms with Crippen molar-refractivity contribution in [3.05, 3.63) is 46.7 Å². The highest BCUT2D eigenvalue weighted by Gasteiger charge is 2.14. The maximum absolute atomic E-state index is 12.0. The van der Waals surface area contributed by atoms with Gasteiger partial charge in [-0.25, -0.2) is 13.6 Å². The number of aryl methyl sites for hydroxylation is 1. The fraction of sp³-hybridized carbons (Fsp3) is 0.0833. The Morgan fingerprint density at radius 3 is 2.55 bits per heavy atom. The Hall–Kier alpha value is -1.64. The molecule has 0 radical (unpaired) electrons. The van der Waals surface area contributed by atoms with E-state index in [1.54, 1.807) is 29.9 Å². The second-order valence-electron chi connectivity index (χ2n) is 4.15. The number of rotatable bonds is 3. The molecule has 0 saturated carbocycles. The molecule has 0 atom stereocenters. The van der Waals surface area contributed by atoms with E-state index in [1.807, 2.05) is 0 Å². The Kier molecular flexibility index (Phi) is 3.98. The summed E-state index contributed by atoms with van der Waals surface area (Å²) in [6.07, 6.45) is 1.76. The van der Waals surface area contributed by atoms with Crippen molar-refractivity contribution >= 4 is 37.5 Å². The van der Waals surface area contributed by atoms with E-state index < -0.39 is 10.0 Å². The number of carbonyl (C=O) groups is 1. The number of nitrogens with one attached hydrogen (secondary N) is 1. The summed E-state index contributed by atoms with van der Waals surface area (Å²) in [6, 6.07) is 7.59. The van der Waals surface area contributed by atoms with E-state index in [2.05, 4.69) is 21.2 Å². The molecule has 6 nitrogen and oxygen atoms in total. The van der Waals surface area contributed by atoms with Gasteiger partial charge in [-0.15, -0.1) is 0 Å². The Balaban J connectivity index is 2.27. The lowest BCUT2D eigenvalue weighted by atomic mass is 10.3. The lowest BCUT2D eigenvalue weighted by Gasteiger charge is -2.09. The molecule has 0 spiro atoms. The van der Waals surface area contributed by atoms with Crippen LogP contribution in [0.15, 0.2) is 45.9 Å². The second kappa shape index (κ2) is 5.39. The summed E-state index contributed by atoms with van der Waals surface area (Å²) >= 11 is 3.21. The number of sulfonamides is 1. The number of amides is 1. The van der Waals surface area contributed by atoms with Gasteiger partial charge in [-0.2, -0.15) is 0 Å². The maximum atomic E-state index is 12.0. The second-order valence-corrected chi connectivity index (χ2v) is 6.56. The van der Waals surface area contributed by atoms with Gasteiger partial charge in [0.15, 0.2) is 0 Å². The number of carbonyl (C=O) groups excluding carboxylic acids is 1. The zero-order valence-electron chi connectivity index (χ0n) is 10.5. The monoisotopic (exact) mass is 357 g/mol. The lowest BCUT2D eigenvalue weighted by molar-refractivity contribution is 0.101. The van der Waals surface area contributed by atoms with Gasteiger partial charge in [0.25, 0.3) is 5.91 Å². The predicted octanol–water partition coefficient (Wildman–Crippen LogP) is 1.69. The summed E-state index contributed by atoms with van der Waals surface area (Å²) in [5.74, 6) is -0.290. The van der Waals surface area contributed by atoms with Crippen molar-refractivity contribution < 1.29 is 13.2 Å². The average Bonchev–Trinajstić information content (AvgIpc) is 2.76. The van der Waals surface area contributed by atoms with Crippen molar-refractivity contribution in [2.24, 2.45) is 12.2 Å². The van der Waals surface area contributed by atoms with Gasteiger partial charge in [-0.3, -0.25) is 4.79 Å². The van der Waals surface area contributed by atoms with Gasteiger partial charge in [0.1, 0.15) is 5.69 Å². The first kappa shape index (κ1) is 14.8. The molecule has 0 aliphatic carbocycles. The molecule has 1 amide bonds. The highest BCUT2D eigenvalue weighted by Crippen LogP contribution is 2.25. The van der Waals surface area contributed by atoms with Gasteiger partial charge in [0.2, 0.25) is 10.0 Å². The van der Waals surface area contributed by atoms with Crippen molar-refractivity contribution in [3.8, 4) is 0 Å². The standard InChI is InChI=1S/C12H12BrN3O3S/c1-16-6-2-3-11(16)12(17)15-10-5-4-8(7-9(10)13)20(14,18)19/h2-7H,1H3,(H,15,17)(H2,14,18,19). The van der Waals surface area contributed by atoms with Crippen LogP contribution in [0.5, 0.6) is 0 Å². The van der Waals surface area contributed by atoms with Crippen LogP contribution in [-0.2, 0) is 17.1 Å². The van der Waals surface area contributed by atoms with E-state index in [1.165, 1.54) is 18.2 Å². The molecule has 8 heteroatoms. The van der Waals surface area contributed by atoms with Crippen molar-refractivity contribution in [2.75, 3.05) is 5.32 Å². The molecule has 0 bridgehead atoms. The normalized spacial score (nSPS) is 11.3. The summed E-state index contributed by atoms with van der Waals surface area (Å²) in [6.45, 7) is 0. The Morgan fingerprint density at radius 2 is 2.05 bits per heavy atom. The fourth-order valence-corrected chi connectivity index (χ4v) is 2.83. The molecule has 0 aliphatic heterocycles. The summed E-state index contributed by atoms with van der Waals surface area (Å²) in [4.78, 5) is 12.0. The first-order valence-corrected chi connectivity index (χ1v) is 7.88. The van der Waals surface area contributed by atoms with Crippen molar-refractivity contribution in [1.29, 1.82) is 0 Å². The van der Waals surface area contributed by atoms with Crippen molar-refractivity contribution in [3.63, 3.8) is 0 Å². The number of halogens is 1. The molecule has 106 valence electrons. The maximum Gasteiger partial charge on any atom is 0.272 e. The molecule has 0 aliphatic rings. The third-order valence-corrected chi connectivity index (χ3v) is 4.26. The molecule has 2 rings (SSSR count). The van der Waals surface area contributed by atoms with Crippen LogP contribution in [0.3, 0.4) is 0 Å². The third kappa shape index (κ3) is 3.09. The lowest BCUT2D eigenvalue weighted by Crippen LogP contribution is -2.16. The number of hydrogen-bond acceptors (Lipinski definition) is 3. The first-order chi connectivity index (χ1) is 9.29. The molecule has 0 saturated heterocycles. The molecule has 0 fully saturated rings. The number of benzene rings is 1. The number of primary sulfonamides is 1. The molecule has 20 heavy (non-hydrogen) atoms. The Morgan fingerprint density at radius 1 is 1.35 bits per heavy atom. The molecule has 2 aromatic rings. The number of nitrogens with zero attached hydrogens (tertiary/aromatic N) is 1. The average molecular weight is 358 g/mol. The molecule has 1 aromatic heterocycles. The van der Waals surface area contributed by atoms with Crippen LogP contribution in [0.1, 0.15) is 10.5 Å². The van der Waals surface area contributed by atoms with Crippen LogP contribution in [0.2, 0.25) is 0 Å². The number of hydrogen-bond donors (Lipinski definition) is 2. The summed E-state index contributed by atoms with van der Waals surface area (Å²) in [5, 5.41) is 7.72. The third-order valence-electron chi connectivity index (χ3n) is 2.69. The molecular weight excluding hydrogens is 346 g/mol. The van der Waals surface area contributed by atoms with Crippen molar-refractivity contribution in [1.82, 2.24) is 4.57 Å². The minimum Gasteiger partial charge on any atom is -0.347 e. The topological polar surface area (TPSA) is 94.2 Å². The number of anilines is 1. The van der Waals surface area contributed by atoms with E-state index in [0.29, 0.717) is 15.9 Å². The largest absolute Gasteiger partial charge is 0.347 e. The number of aromatic nitrogens is 1. The van der Waals surface area contributed by atoms with Gasteiger partial charge in [-0.05, 0) is 46.3 Å². The van der Waals surface area contributed by atoms with E-state index in [0.717, 1.165) is 0 Å². The highest BCUT2D eigenvalue weighted by molar-refractivity contribution is 9.10. The van der Waals surface area contributed by atoms with Crippen LogP contribution in [-0.4, -0.2) is 18.9 Å². The van der Waals surface area contributed by atoms with E-state index in [9.17, 15) is 13.2 Å².